The summed E-state index contributed by atoms with van der Waals surface area (Å²) >= 11 is 0. The van der Waals surface area contributed by atoms with Crippen LogP contribution in [0.15, 0.2) is 60.8 Å². The molecule has 0 atom stereocenters. The van der Waals surface area contributed by atoms with Crippen LogP contribution in [0.1, 0.15) is 5.56 Å². The van der Waals surface area contributed by atoms with Crippen molar-refractivity contribution in [1.29, 1.82) is 0 Å². The van der Waals surface area contributed by atoms with Gasteiger partial charge in [0.1, 0.15) is 0 Å². The fourth-order valence-corrected chi connectivity index (χ4v) is 2.10. The van der Waals surface area contributed by atoms with Crippen LogP contribution < -0.4 is 5.32 Å². The molecule has 1 heterocycles. The molecular formula is C16H11F3N2. The molecule has 3 rings (SSSR count). The standard InChI is InChI=1S/C16H11F3N2/c17-16(18,19)12-6-8-13(9-7-12)21-14-5-1-3-11-4-2-10-20-15(11)14/h1-10,21H. The zero-order valence-electron chi connectivity index (χ0n) is 10.9. The minimum Gasteiger partial charge on any atom is -0.354 e. The molecule has 0 fully saturated rings. The van der Waals surface area contributed by atoms with Gasteiger partial charge in [0.2, 0.25) is 0 Å². The second-order valence-corrected chi connectivity index (χ2v) is 4.58. The Labute approximate surface area is 119 Å². The van der Waals surface area contributed by atoms with Gasteiger partial charge in [-0.2, -0.15) is 13.2 Å². The molecule has 3 aromatic rings. The lowest BCUT2D eigenvalue weighted by atomic mass is 10.1. The third-order valence-electron chi connectivity index (χ3n) is 3.12. The van der Waals surface area contributed by atoms with Gasteiger partial charge >= 0.3 is 6.18 Å². The van der Waals surface area contributed by atoms with Crippen molar-refractivity contribution in [1.82, 2.24) is 4.98 Å². The highest BCUT2D eigenvalue weighted by Crippen LogP contribution is 2.31. The van der Waals surface area contributed by atoms with Gasteiger partial charge in [-0.3, -0.25) is 4.98 Å². The van der Waals surface area contributed by atoms with E-state index in [2.05, 4.69) is 10.3 Å². The van der Waals surface area contributed by atoms with Gasteiger partial charge in [0.15, 0.2) is 0 Å². The summed E-state index contributed by atoms with van der Waals surface area (Å²) in [5.74, 6) is 0. The van der Waals surface area contributed by atoms with Crippen LogP contribution in [0, 0.1) is 0 Å². The summed E-state index contributed by atoms with van der Waals surface area (Å²) in [6.07, 6.45) is -2.64. The first-order chi connectivity index (χ1) is 10.0. The van der Waals surface area contributed by atoms with Crippen LogP contribution in [0.5, 0.6) is 0 Å². The number of aromatic nitrogens is 1. The Bertz CT molecular complexity index is 759. The quantitative estimate of drug-likeness (QED) is 0.718. The van der Waals surface area contributed by atoms with Gasteiger partial charge in [-0.15, -0.1) is 0 Å². The van der Waals surface area contributed by atoms with Gasteiger partial charge in [0.05, 0.1) is 16.8 Å². The van der Waals surface area contributed by atoms with E-state index in [4.69, 9.17) is 0 Å². The summed E-state index contributed by atoms with van der Waals surface area (Å²) in [6.45, 7) is 0. The SMILES string of the molecule is FC(F)(F)c1ccc(Nc2cccc3cccnc23)cc1. The van der Waals surface area contributed by atoms with Crippen LogP contribution in [0.25, 0.3) is 10.9 Å². The minimum absolute atomic E-state index is 0.584. The monoisotopic (exact) mass is 288 g/mol. The topological polar surface area (TPSA) is 24.9 Å². The molecule has 0 radical (unpaired) electrons. The van der Waals surface area contributed by atoms with Gasteiger partial charge in [0.25, 0.3) is 0 Å². The number of benzene rings is 2. The minimum atomic E-state index is -4.32. The Balaban J connectivity index is 1.92. The lowest BCUT2D eigenvalue weighted by molar-refractivity contribution is -0.137. The van der Waals surface area contributed by atoms with E-state index in [-0.39, 0.29) is 0 Å². The maximum Gasteiger partial charge on any atom is 0.416 e. The zero-order chi connectivity index (χ0) is 14.9. The molecule has 0 saturated carbocycles. The summed E-state index contributed by atoms with van der Waals surface area (Å²) in [4.78, 5) is 4.29. The van der Waals surface area contributed by atoms with Crippen molar-refractivity contribution in [2.45, 2.75) is 6.18 Å². The average molecular weight is 288 g/mol. The molecule has 106 valence electrons. The first-order valence-corrected chi connectivity index (χ1v) is 6.32. The Morgan fingerprint density at radius 2 is 1.57 bits per heavy atom. The van der Waals surface area contributed by atoms with Crippen LogP contribution in [0.3, 0.4) is 0 Å². The summed E-state index contributed by atoms with van der Waals surface area (Å²) in [7, 11) is 0. The smallest absolute Gasteiger partial charge is 0.354 e. The van der Waals surface area contributed by atoms with Crippen LogP contribution in [0.2, 0.25) is 0 Å². The van der Waals surface area contributed by atoms with Crippen molar-refractivity contribution < 1.29 is 13.2 Å². The van der Waals surface area contributed by atoms with Gasteiger partial charge in [0, 0.05) is 17.3 Å². The Hall–Kier alpha value is -2.56. The number of halogens is 3. The van der Waals surface area contributed by atoms with Crippen LogP contribution in [0.4, 0.5) is 24.5 Å². The predicted octanol–water partition coefficient (Wildman–Crippen LogP) is 5.00. The van der Waals surface area contributed by atoms with Crippen molar-refractivity contribution >= 4 is 22.3 Å². The number of nitrogens with one attached hydrogen (secondary N) is 1. The largest absolute Gasteiger partial charge is 0.416 e. The maximum atomic E-state index is 12.5. The highest BCUT2D eigenvalue weighted by molar-refractivity contribution is 5.91. The summed E-state index contributed by atoms with van der Waals surface area (Å²) in [5.41, 5.74) is 1.46. The third-order valence-corrected chi connectivity index (χ3v) is 3.12. The Morgan fingerprint density at radius 3 is 2.29 bits per heavy atom. The zero-order valence-corrected chi connectivity index (χ0v) is 10.9. The van der Waals surface area contributed by atoms with Crippen molar-refractivity contribution in [3.05, 3.63) is 66.4 Å². The Kier molecular flexibility index (Phi) is 3.25. The van der Waals surface area contributed by atoms with E-state index < -0.39 is 11.7 Å². The van der Waals surface area contributed by atoms with Gasteiger partial charge < -0.3 is 5.32 Å². The second-order valence-electron chi connectivity index (χ2n) is 4.58. The van der Waals surface area contributed by atoms with Crippen molar-refractivity contribution in [2.24, 2.45) is 0 Å². The number of fused-ring (bicyclic) bond motifs is 1. The molecule has 0 aliphatic rings. The first kappa shape index (κ1) is 13.4. The number of nitrogens with zero attached hydrogens (tertiary/aromatic N) is 1. The molecule has 0 aliphatic carbocycles. The first-order valence-electron chi connectivity index (χ1n) is 6.32. The van der Waals surface area contributed by atoms with E-state index >= 15 is 0 Å². The number of anilines is 2. The summed E-state index contributed by atoms with van der Waals surface area (Å²) in [6, 6.07) is 14.3. The number of para-hydroxylation sites is 1. The van der Waals surface area contributed by atoms with Gasteiger partial charge in [-0.1, -0.05) is 18.2 Å². The number of hydrogen-bond acceptors (Lipinski definition) is 2. The predicted molar refractivity (Wildman–Crippen MR) is 76.5 cm³/mol. The van der Waals surface area contributed by atoms with Crippen molar-refractivity contribution in [2.75, 3.05) is 5.32 Å². The lowest BCUT2D eigenvalue weighted by Crippen LogP contribution is -2.04. The van der Waals surface area contributed by atoms with Crippen molar-refractivity contribution in [3.63, 3.8) is 0 Å². The molecule has 0 spiro atoms. The number of rotatable bonds is 2. The number of pyridine rings is 1. The molecule has 1 aromatic heterocycles. The lowest BCUT2D eigenvalue weighted by Gasteiger charge is -2.11. The molecule has 0 unspecified atom stereocenters. The maximum absolute atomic E-state index is 12.5. The van der Waals surface area contributed by atoms with Crippen LogP contribution >= 0.6 is 0 Å². The Morgan fingerprint density at radius 1 is 0.857 bits per heavy atom. The summed E-state index contributed by atoms with van der Waals surface area (Å²) in [5, 5.41) is 4.06. The van der Waals surface area contributed by atoms with E-state index in [1.807, 2.05) is 30.3 Å². The molecular weight excluding hydrogens is 277 g/mol. The van der Waals surface area contributed by atoms with E-state index in [0.29, 0.717) is 5.69 Å². The van der Waals surface area contributed by atoms with Crippen LogP contribution in [-0.4, -0.2) is 4.98 Å². The van der Waals surface area contributed by atoms with Gasteiger partial charge in [-0.25, -0.2) is 0 Å². The molecule has 1 N–H and O–H groups in total. The highest BCUT2D eigenvalue weighted by Gasteiger charge is 2.29. The molecule has 2 aromatic carbocycles. The number of hydrogen-bond donors (Lipinski definition) is 1. The third kappa shape index (κ3) is 2.81. The average Bonchev–Trinajstić information content (AvgIpc) is 2.47. The van der Waals surface area contributed by atoms with E-state index in [0.717, 1.165) is 28.7 Å². The fourth-order valence-electron chi connectivity index (χ4n) is 2.10. The molecule has 2 nitrogen and oxygen atoms in total. The van der Waals surface area contributed by atoms with E-state index in [1.165, 1.54) is 12.1 Å². The molecule has 0 saturated heterocycles. The van der Waals surface area contributed by atoms with Crippen LogP contribution in [-0.2, 0) is 6.18 Å². The normalized spacial score (nSPS) is 11.6. The summed E-state index contributed by atoms with van der Waals surface area (Å²) < 4.78 is 37.6. The molecule has 5 heteroatoms. The van der Waals surface area contributed by atoms with Gasteiger partial charge in [-0.05, 0) is 36.4 Å². The van der Waals surface area contributed by atoms with Crippen molar-refractivity contribution in [3.8, 4) is 0 Å². The fraction of sp³-hybridized carbons (Fsp3) is 0.0625. The van der Waals surface area contributed by atoms with E-state index in [9.17, 15) is 13.2 Å². The second kappa shape index (κ2) is 5.09. The molecule has 0 bridgehead atoms. The molecule has 21 heavy (non-hydrogen) atoms. The number of alkyl halides is 3. The molecule has 0 aliphatic heterocycles. The van der Waals surface area contributed by atoms with E-state index in [1.54, 1.807) is 6.20 Å². The molecule has 0 amide bonds. The highest BCUT2D eigenvalue weighted by atomic mass is 19.4.